The van der Waals surface area contributed by atoms with Gasteiger partial charge in [-0.3, -0.25) is 9.78 Å². The Kier molecular flexibility index (Phi) is 6.24. The van der Waals surface area contributed by atoms with E-state index in [1.807, 2.05) is 61.5 Å². The lowest BCUT2D eigenvalue weighted by atomic mass is 9.94. The third-order valence-corrected chi connectivity index (χ3v) is 5.12. The summed E-state index contributed by atoms with van der Waals surface area (Å²) in [7, 11) is 0. The number of amides is 1. The molecule has 0 bridgehead atoms. The summed E-state index contributed by atoms with van der Waals surface area (Å²) < 4.78 is 6.13. The molecule has 1 aliphatic rings. The van der Waals surface area contributed by atoms with Crippen molar-refractivity contribution in [3.8, 4) is 5.75 Å². The van der Waals surface area contributed by atoms with E-state index in [4.69, 9.17) is 17.0 Å². The molecule has 156 valence electrons. The number of thiocarbonyl (C=S) groups is 1. The van der Waals surface area contributed by atoms with Gasteiger partial charge in [-0.1, -0.05) is 48.5 Å². The van der Waals surface area contributed by atoms with Crippen molar-refractivity contribution < 1.29 is 9.53 Å². The quantitative estimate of drug-likeness (QED) is 0.512. The van der Waals surface area contributed by atoms with Crippen LogP contribution < -0.4 is 20.7 Å². The zero-order chi connectivity index (χ0) is 21.6. The molecule has 31 heavy (non-hydrogen) atoms. The molecule has 3 N–H and O–H groups in total. The van der Waals surface area contributed by atoms with Gasteiger partial charge in [-0.2, -0.15) is 0 Å². The summed E-state index contributed by atoms with van der Waals surface area (Å²) >= 11 is 5.37. The van der Waals surface area contributed by atoms with Crippen molar-refractivity contribution in [1.82, 2.24) is 15.6 Å². The smallest absolute Gasteiger partial charge is 0.255 e. The molecule has 7 heteroatoms. The normalized spacial score (nSPS) is 15.6. The van der Waals surface area contributed by atoms with E-state index in [0.29, 0.717) is 34.4 Å². The Balaban J connectivity index is 1.64. The molecule has 1 aliphatic heterocycles. The van der Waals surface area contributed by atoms with Gasteiger partial charge in [0.1, 0.15) is 12.4 Å². The zero-order valence-electron chi connectivity index (χ0n) is 17.0. The number of benzene rings is 2. The number of aromatic nitrogens is 1. The molecule has 0 saturated carbocycles. The van der Waals surface area contributed by atoms with Crippen LogP contribution >= 0.6 is 12.2 Å². The van der Waals surface area contributed by atoms with E-state index in [2.05, 4.69) is 20.9 Å². The zero-order valence-corrected chi connectivity index (χ0v) is 17.8. The van der Waals surface area contributed by atoms with Crippen molar-refractivity contribution in [3.63, 3.8) is 0 Å². The summed E-state index contributed by atoms with van der Waals surface area (Å²) in [5, 5.41) is 9.65. The molecule has 1 unspecified atom stereocenters. The minimum absolute atomic E-state index is 0.240. The maximum absolute atomic E-state index is 13.2. The molecule has 6 nitrogen and oxygen atoms in total. The molecular formula is C24H22N4O2S. The van der Waals surface area contributed by atoms with Crippen molar-refractivity contribution in [2.75, 3.05) is 5.32 Å². The molecule has 0 aliphatic carbocycles. The first-order valence-corrected chi connectivity index (χ1v) is 10.3. The van der Waals surface area contributed by atoms with Crippen molar-refractivity contribution in [3.05, 3.63) is 102 Å². The van der Waals surface area contributed by atoms with E-state index in [9.17, 15) is 4.79 Å². The van der Waals surface area contributed by atoms with Crippen molar-refractivity contribution in [1.29, 1.82) is 0 Å². The number of para-hydroxylation sites is 1. The van der Waals surface area contributed by atoms with Crippen LogP contribution in [-0.2, 0) is 11.4 Å². The third-order valence-electron chi connectivity index (χ3n) is 4.90. The Morgan fingerprint density at radius 1 is 1.10 bits per heavy atom. The molecular weight excluding hydrogens is 408 g/mol. The summed E-state index contributed by atoms with van der Waals surface area (Å²) in [6.07, 6.45) is 3.26. The fraction of sp³-hybridized carbons (Fsp3) is 0.125. The first-order chi connectivity index (χ1) is 15.1. The summed E-state index contributed by atoms with van der Waals surface area (Å²) in [5.74, 6) is 0.448. The molecule has 1 amide bonds. The van der Waals surface area contributed by atoms with Gasteiger partial charge in [0.25, 0.3) is 5.91 Å². The van der Waals surface area contributed by atoms with Gasteiger partial charge in [0.2, 0.25) is 0 Å². The number of nitrogens with zero attached hydrogens (tertiary/aromatic N) is 1. The van der Waals surface area contributed by atoms with Gasteiger partial charge in [-0.15, -0.1) is 0 Å². The summed E-state index contributed by atoms with van der Waals surface area (Å²) in [4.78, 5) is 17.3. The molecule has 0 radical (unpaired) electrons. The number of pyridine rings is 1. The lowest BCUT2D eigenvalue weighted by molar-refractivity contribution is -0.113. The highest BCUT2D eigenvalue weighted by Gasteiger charge is 2.31. The lowest BCUT2D eigenvalue weighted by Gasteiger charge is -2.31. The maximum atomic E-state index is 13.2. The Morgan fingerprint density at radius 2 is 1.87 bits per heavy atom. The molecule has 2 heterocycles. The van der Waals surface area contributed by atoms with Crippen LogP contribution in [0.25, 0.3) is 0 Å². The largest absolute Gasteiger partial charge is 0.489 e. The number of anilines is 1. The lowest BCUT2D eigenvalue weighted by Crippen LogP contribution is -2.45. The van der Waals surface area contributed by atoms with Crippen LogP contribution in [0.3, 0.4) is 0 Å². The Labute approximate surface area is 186 Å². The van der Waals surface area contributed by atoms with Crippen LogP contribution in [-0.4, -0.2) is 16.0 Å². The standard InChI is InChI=1S/C24H22N4O2S/c1-16-21(23(29)27-18-10-7-13-25-14-18)22(28-24(31)26-16)19-11-5-6-12-20(19)30-15-17-8-3-2-4-9-17/h2-14,22H,15H2,1H3,(H,27,29)(H2,26,28,31). The van der Waals surface area contributed by atoms with Crippen LogP contribution in [0.2, 0.25) is 0 Å². The minimum Gasteiger partial charge on any atom is -0.489 e. The second-order valence-corrected chi connectivity index (χ2v) is 7.49. The minimum atomic E-state index is -0.461. The Bertz CT molecular complexity index is 1120. The van der Waals surface area contributed by atoms with Crippen molar-refractivity contribution >= 4 is 28.9 Å². The average Bonchev–Trinajstić information content (AvgIpc) is 2.78. The van der Waals surface area contributed by atoms with Crippen molar-refractivity contribution in [2.24, 2.45) is 0 Å². The highest BCUT2D eigenvalue weighted by molar-refractivity contribution is 7.80. The van der Waals surface area contributed by atoms with Crippen LogP contribution in [0.4, 0.5) is 5.69 Å². The van der Waals surface area contributed by atoms with E-state index in [1.54, 1.807) is 24.5 Å². The molecule has 0 spiro atoms. The average molecular weight is 431 g/mol. The topological polar surface area (TPSA) is 75.3 Å². The molecule has 2 aromatic carbocycles. The molecule has 1 atom stereocenters. The second kappa shape index (κ2) is 9.40. The monoisotopic (exact) mass is 430 g/mol. The van der Waals surface area contributed by atoms with Crippen LogP contribution in [0, 0.1) is 0 Å². The number of carbonyl (C=O) groups is 1. The SMILES string of the molecule is CC1=C(C(=O)Nc2cccnc2)C(c2ccccc2OCc2ccccc2)NC(=S)N1. The predicted octanol–water partition coefficient (Wildman–Crippen LogP) is 4.09. The first kappa shape index (κ1) is 20.6. The van der Waals surface area contributed by atoms with Gasteiger partial charge in [0.15, 0.2) is 5.11 Å². The van der Waals surface area contributed by atoms with Crippen LogP contribution in [0.5, 0.6) is 5.75 Å². The van der Waals surface area contributed by atoms with Gasteiger partial charge < -0.3 is 20.7 Å². The number of ether oxygens (including phenoxy) is 1. The third kappa shape index (κ3) is 4.90. The second-order valence-electron chi connectivity index (χ2n) is 7.08. The van der Waals surface area contributed by atoms with E-state index < -0.39 is 6.04 Å². The Morgan fingerprint density at radius 3 is 2.65 bits per heavy atom. The summed E-state index contributed by atoms with van der Waals surface area (Å²) in [6.45, 7) is 2.26. The fourth-order valence-electron chi connectivity index (χ4n) is 3.45. The van der Waals surface area contributed by atoms with E-state index in [-0.39, 0.29) is 5.91 Å². The number of allylic oxidation sites excluding steroid dienone is 1. The van der Waals surface area contributed by atoms with Crippen LogP contribution in [0.1, 0.15) is 24.1 Å². The molecule has 0 fully saturated rings. The summed E-state index contributed by atoms with van der Waals surface area (Å²) in [5.41, 5.74) is 3.74. The molecule has 1 aromatic heterocycles. The van der Waals surface area contributed by atoms with E-state index in [0.717, 1.165) is 11.1 Å². The van der Waals surface area contributed by atoms with Gasteiger partial charge in [-0.25, -0.2) is 0 Å². The predicted molar refractivity (Wildman–Crippen MR) is 124 cm³/mol. The van der Waals surface area contributed by atoms with E-state index in [1.165, 1.54) is 0 Å². The molecule has 4 rings (SSSR count). The van der Waals surface area contributed by atoms with Crippen molar-refractivity contribution in [2.45, 2.75) is 19.6 Å². The molecule has 3 aromatic rings. The number of rotatable bonds is 6. The van der Waals surface area contributed by atoms with Crippen LogP contribution in [0.15, 0.2) is 90.4 Å². The number of hydrogen-bond acceptors (Lipinski definition) is 4. The maximum Gasteiger partial charge on any atom is 0.255 e. The highest BCUT2D eigenvalue weighted by atomic mass is 32.1. The van der Waals surface area contributed by atoms with Gasteiger partial charge in [-0.05, 0) is 42.9 Å². The highest BCUT2D eigenvalue weighted by Crippen LogP contribution is 2.34. The van der Waals surface area contributed by atoms with E-state index >= 15 is 0 Å². The van der Waals surface area contributed by atoms with Gasteiger partial charge in [0.05, 0.1) is 23.5 Å². The summed E-state index contributed by atoms with van der Waals surface area (Å²) in [6, 6.07) is 20.7. The first-order valence-electron chi connectivity index (χ1n) is 9.87. The number of carbonyl (C=O) groups excluding carboxylic acids is 1. The fourth-order valence-corrected chi connectivity index (χ4v) is 3.72. The number of nitrogens with one attached hydrogen (secondary N) is 3. The van der Waals surface area contributed by atoms with Gasteiger partial charge >= 0.3 is 0 Å². The number of hydrogen-bond donors (Lipinski definition) is 3. The van der Waals surface area contributed by atoms with Gasteiger partial charge in [0, 0.05) is 17.5 Å². The Hall–Kier alpha value is -3.71. The molecule has 0 saturated heterocycles.